The van der Waals surface area contributed by atoms with Crippen LogP contribution in [0.5, 0.6) is 0 Å². The minimum absolute atomic E-state index is 0.173. The van der Waals surface area contributed by atoms with Gasteiger partial charge in [-0.3, -0.25) is 4.79 Å². The summed E-state index contributed by atoms with van der Waals surface area (Å²) in [6.07, 6.45) is 0. The molecule has 25 heavy (non-hydrogen) atoms. The Labute approximate surface area is 148 Å². The molecular formula is C17H14N6OS. The van der Waals surface area contributed by atoms with Crippen LogP contribution >= 0.6 is 11.8 Å². The Kier molecular flexibility index (Phi) is 5.06. The number of nitrogens with one attached hydrogen (secondary N) is 1. The van der Waals surface area contributed by atoms with Crippen molar-refractivity contribution >= 4 is 23.4 Å². The van der Waals surface area contributed by atoms with Crippen LogP contribution in [-0.2, 0) is 4.79 Å². The zero-order chi connectivity index (χ0) is 17.6. The van der Waals surface area contributed by atoms with Crippen LogP contribution in [-0.4, -0.2) is 31.9 Å². The highest BCUT2D eigenvalue weighted by molar-refractivity contribution is 7.99. The average Bonchev–Trinajstić information content (AvgIpc) is 3.10. The molecule has 0 saturated heterocycles. The zero-order valence-corrected chi connectivity index (χ0v) is 14.2. The number of anilines is 1. The van der Waals surface area contributed by atoms with Gasteiger partial charge in [0.2, 0.25) is 11.1 Å². The average molecular weight is 350 g/mol. The lowest BCUT2D eigenvalue weighted by atomic mass is 10.2. The van der Waals surface area contributed by atoms with Crippen molar-refractivity contribution in [3.63, 3.8) is 0 Å². The number of thioether (sulfide) groups is 1. The quantitative estimate of drug-likeness (QED) is 0.711. The monoisotopic (exact) mass is 350 g/mol. The van der Waals surface area contributed by atoms with E-state index in [9.17, 15) is 4.79 Å². The van der Waals surface area contributed by atoms with Gasteiger partial charge in [0.15, 0.2) is 0 Å². The van der Waals surface area contributed by atoms with Crippen molar-refractivity contribution in [1.29, 1.82) is 5.26 Å². The first-order valence-corrected chi connectivity index (χ1v) is 8.42. The topological polar surface area (TPSA) is 96.5 Å². The van der Waals surface area contributed by atoms with E-state index in [2.05, 4.69) is 20.8 Å². The summed E-state index contributed by atoms with van der Waals surface area (Å²) >= 11 is 1.25. The van der Waals surface area contributed by atoms with Crippen molar-refractivity contribution in [2.75, 3.05) is 11.1 Å². The fourth-order valence-corrected chi connectivity index (χ4v) is 2.76. The van der Waals surface area contributed by atoms with Crippen LogP contribution in [0.2, 0.25) is 0 Å². The number of amides is 1. The molecule has 0 saturated carbocycles. The van der Waals surface area contributed by atoms with Gasteiger partial charge in [-0.1, -0.05) is 29.5 Å². The lowest BCUT2D eigenvalue weighted by Gasteiger charge is -2.06. The number of benzene rings is 2. The van der Waals surface area contributed by atoms with Gasteiger partial charge in [0, 0.05) is 5.69 Å². The molecule has 1 aromatic heterocycles. The summed E-state index contributed by atoms with van der Waals surface area (Å²) in [5.74, 6) is -0.000143. The third kappa shape index (κ3) is 4.22. The number of rotatable bonds is 5. The van der Waals surface area contributed by atoms with Crippen LogP contribution < -0.4 is 5.32 Å². The summed E-state index contributed by atoms with van der Waals surface area (Å²) in [6.45, 7) is 2.01. The minimum Gasteiger partial charge on any atom is -0.325 e. The third-order valence-corrected chi connectivity index (χ3v) is 4.27. The van der Waals surface area contributed by atoms with E-state index in [4.69, 9.17) is 5.26 Å². The van der Waals surface area contributed by atoms with Gasteiger partial charge in [-0.2, -0.15) is 9.94 Å². The van der Waals surface area contributed by atoms with Gasteiger partial charge in [-0.15, -0.1) is 5.10 Å². The molecule has 0 fully saturated rings. The lowest BCUT2D eigenvalue weighted by Crippen LogP contribution is -2.14. The number of nitriles is 1. The van der Waals surface area contributed by atoms with E-state index in [1.807, 2.05) is 37.3 Å². The molecule has 0 spiro atoms. The summed E-state index contributed by atoms with van der Waals surface area (Å²) in [5.41, 5.74) is 3.17. The van der Waals surface area contributed by atoms with E-state index < -0.39 is 0 Å². The molecule has 0 atom stereocenters. The highest BCUT2D eigenvalue weighted by Gasteiger charge is 2.11. The number of nitrogens with zero attached hydrogens (tertiary/aromatic N) is 5. The summed E-state index contributed by atoms with van der Waals surface area (Å²) in [7, 11) is 0. The smallest absolute Gasteiger partial charge is 0.234 e. The first-order chi connectivity index (χ1) is 12.2. The largest absolute Gasteiger partial charge is 0.325 e. The molecule has 3 aromatic rings. The Morgan fingerprint density at radius 1 is 1.20 bits per heavy atom. The van der Waals surface area contributed by atoms with Crippen molar-refractivity contribution in [2.45, 2.75) is 12.1 Å². The van der Waals surface area contributed by atoms with Gasteiger partial charge in [0.1, 0.15) is 0 Å². The molecule has 1 N–H and O–H groups in total. The Balaban J connectivity index is 1.62. The van der Waals surface area contributed by atoms with Gasteiger partial charge in [-0.05, 0) is 53.7 Å². The fraction of sp³-hybridized carbons (Fsp3) is 0.118. The number of hydrogen-bond acceptors (Lipinski definition) is 6. The molecule has 7 nitrogen and oxygen atoms in total. The standard InChI is InChI=1S/C17H14N6OS/c1-12-2-8-15(9-3-12)23-17(20-21-22-23)25-11-16(24)19-14-6-4-13(10-18)5-7-14/h2-9H,11H2,1H3,(H,19,24). The molecule has 0 bridgehead atoms. The Morgan fingerprint density at radius 2 is 1.92 bits per heavy atom. The number of carbonyl (C=O) groups excluding carboxylic acids is 1. The minimum atomic E-state index is -0.173. The molecule has 0 aliphatic carbocycles. The van der Waals surface area contributed by atoms with Crippen LogP contribution in [0.1, 0.15) is 11.1 Å². The summed E-state index contributed by atoms with van der Waals surface area (Å²) in [6, 6.07) is 16.5. The van der Waals surface area contributed by atoms with Crippen molar-refractivity contribution in [1.82, 2.24) is 20.2 Å². The van der Waals surface area contributed by atoms with E-state index >= 15 is 0 Å². The van der Waals surface area contributed by atoms with E-state index in [1.165, 1.54) is 11.8 Å². The second-order valence-corrected chi connectivity index (χ2v) is 6.18. The number of aromatic nitrogens is 4. The SMILES string of the molecule is Cc1ccc(-n2nnnc2SCC(=O)Nc2ccc(C#N)cc2)cc1. The maximum atomic E-state index is 12.1. The predicted molar refractivity (Wildman–Crippen MR) is 94.4 cm³/mol. The molecule has 0 aliphatic rings. The number of tetrazole rings is 1. The van der Waals surface area contributed by atoms with Gasteiger partial charge in [0.25, 0.3) is 0 Å². The normalized spacial score (nSPS) is 10.2. The van der Waals surface area contributed by atoms with Crippen LogP contribution in [0.15, 0.2) is 53.7 Å². The van der Waals surface area contributed by atoms with E-state index in [0.29, 0.717) is 16.4 Å². The molecule has 1 heterocycles. The van der Waals surface area contributed by atoms with Crippen molar-refractivity contribution in [2.24, 2.45) is 0 Å². The second kappa shape index (κ2) is 7.59. The van der Waals surface area contributed by atoms with E-state index in [1.54, 1.807) is 28.9 Å². The predicted octanol–water partition coefficient (Wildman–Crippen LogP) is 2.57. The molecule has 3 rings (SSSR count). The third-order valence-electron chi connectivity index (χ3n) is 3.35. The van der Waals surface area contributed by atoms with E-state index in [-0.39, 0.29) is 11.7 Å². The van der Waals surface area contributed by atoms with Crippen molar-refractivity contribution in [3.8, 4) is 11.8 Å². The van der Waals surface area contributed by atoms with Crippen LogP contribution in [0.4, 0.5) is 5.69 Å². The van der Waals surface area contributed by atoms with Gasteiger partial charge in [0.05, 0.1) is 23.1 Å². The van der Waals surface area contributed by atoms with Gasteiger partial charge >= 0.3 is 0 Å². The highest BCUT2D eigenvalue weighted by atomic mass is 32.2. The second-order valence-electron chi connectivity index (χ2n) is 5.23. The number of aryl methyl sites for hydroxylation is 1. The molecule has 124 valence electrons. The Bertz CT molecular complexity index is 912. The molecule has 0 radical (unpaired) electrons. The first kappa shape index (κ1) is 16.7. The molecular weight excluding hydrogens is 336 g/mol. The van der Waals surface area contributed by atoms with Gasteiger partial charge in [-0.25, -0.2) is 0 Å². The van der Waals surface area contributed by atoms with Gasteiger partial charge < -0.3 is 5.32 Å². The molecule has 2 aromatic carbocycles. The van der Waals surface area contributed by atoms with Crippen LogP contribution in [0, 0.1) is 18.3 Å². The number of carbonyl (C=O) groups is 1. The van der Waals surface area contributed by atoms with Crippen molar-refractivity contribution < 1.29 is 4.79 Å². The Morgan fingerprint density at radius 3 is 2.60 bits per heavy atom. The molecule has 0 unspecified atom stereocenters. The van der Waals surface area contributed by atoms with E-state index in [0.717, 1.165) is 11.3 Å². The summed E-state index contributed by atoms with van der Waals surface area (Å²) in [4.78, 5) is 12.1. The Hall–Kier alpha value is -3.18. The highest BCUT2D eigenvalue weighted by Crippen LogP contribution is 2.19. The summed E-state index contributed by atoms with van der Waals surface area (Å²) in [5, 5.41) is 23.7. The maximum Gasteiger partial charge on any atom is 0.234 e. The number of hydrogen-bond donors (Lipinski definition) is 1. The van der Waals surface area contributed by atoms with Crippen LogP contribution in [0.25, 0.3) is 5.69 Å². The lowest BCUT2D eigenvalue weighted by molar-refractivity contribution is -0.113. The molecule has 0 aliphatic heterocycles. The zero-order valence-electron chi connectivity index (χ0n) is 13.4. The fourth-order valence-electron chi connectivity index (χ4n) is 2.07. The first-order valence-electron chi connectivity index (χ1n) is 7.44. The summed E-state index contributed by atoms with van der Waals surface area (Å²) < 4.78 is 1.60. The van der Waals surface area contributed by atoms with Crippen LogP contribution in [0.3, 0.4) is 0 Å². The molecule has 1 amide bonds. The maximum absolute atomic E-state index is 12.1. The molecule has 8 heteroatoms. The van der Waals surface area contributed by atoms with Crippen molar-refractivity contribution in [3.05, 3.63) is 59.7 Å².